The SMILES string of the molecule is COc1cc(OCc2ccccc2)c([C@@H]2OCOC[C@H]2Cc2ccc3c(c2)OCO3)cc1OCc1ccccc1. The molecule has 40 heavy (non-hydrogen) atoms. The Morgan fingerprint density at radius 1 is 0.675 bits per heavy atom. The van der Waals surface area contributed by atoms with E-state index in [1.807, 2.05) is 84.9 Å². The van der Waals surface area contributed by atoms with Crippen molar-refractivity contribution < 1.29 is 33.2 Å². The smallest absolute Gasteiger partial charge is 0.231 e. The highest BCUT2D eigenvalue weighted by molar-refractivity contribution is 5.52. The molecule has 0 N–H and O–H groups in total. The Bertz CT molecular complexity index is 1410. The molecule has 206 valence electrons. The standard InChI is InChI=1S/C33H32O7/c1-34-30-17-29(36-18-23-8-4-2-5-9-23)27(16-32(30)37-19-24-10-6-3-7-11-24)33-26(20-35-21-40-33)14-25-12-13-28-31(15-25)39-22-38-28/h2-13,15-17,26,33H,14,18-22H2,1H3/t26-,33-/m1/s1. The maximum atomic E-state index is 6.40. The van der Waals surface area contributed by atoms with Crippen LogP contribution in [0.15, 0.2) is 91.0 Å². The molecule has 1 fully saturated rings. The van der Waals surface area contributed by atoms with Gasteiger partial charge in [0.25, 0.3) is 0 Å². The van der Waals surface area contributed by atoms with Gasteiger partial charge in [0.05, 0.1) is 19.8 Å². The van der Waals surface area contributed by atoms with Gasteiger partial charge in [0, 0.05) is 17.5 Å². The summed E-state index contributed by atoms with van der Waals surface area (Å²) in [5.41, 5.74) is 4.16. The molecule has 0 aliphatic carbocycles. The predicted octanol–water partition coefficient (Wildman–Crippen LogP) is 6.49. The van der Waals surface area contributed by atoms with E-state index in [1.54, 1.807) is 7.11 Å². The van der Waals surface area contributed by atoms with Crippen LogP contribution in [0.4, 0.5) is 0 Å². The molecule has 7 heteroatoms. The summed E-state index contributed by atoms with van der Waals surface area (Å²) in [5.74, 6) is 3.48. The van der Waals surface area contributed by atoms with Crippen molar-refractivity contribution in [1.82, 2.24) is 0 Å². The topological polar surface area (TPSA) is 64.6 Å². The number of hydrogen-bond donors (Lipinski definition) is 0. The molecule has 0 unspecified atom stereocenters. The largest absolute Gasteiger partial charge is 0.493 e. The second kappa shape index (κ2) is 12.3. The summed E-state index contributed by atoms with van der Waals surface area (Å²) in [6, 6.07) is 30.1. The summed E-state index contributed by atoms with van der Waals surface area (Å²) in [5, 5.41) is 0. The highest BCUT2D eigenvalue weighted by atomic mass is 16.7. The second-order valence-corrected chi connectivity index (χ2v) is 9.82. The fourth-order valence-electron chi connectivity index (χ4n) is 5.07. The highest BCUT2D eigenvalue weighted by Crippen LogP contribution is 2.44. The molecule has 1 saturated heterocycles. The summed E-state index contributed by atoms with van der Waals surface area (Å²) < 4.78 is 41.5. The summed E-state index contributed by atoms with van der Waals surface area (Å²) in [6.45, 7) is 1.82. The van der Waals surface area contributed by atoms with Crippen molar-refractivity contribution >= 4 is 0 Å². The van der Waals surface area contributed by atoms with Gasteiger partial charge in [-0.1, -0.05) is 66.7 Å². The van der Waals surface area contributed by atoms with E-state index < -0.39 is 0 Å². The molecule has 7 nitrogen and oxygen atoms in total. The first-order chi connectivity index (χ1) is 19.8. The van der Waals surface area contributed by atoms with Crippen LogP contribution in [0.1, 0.15) is 28.4 Å². The van der Waals surface area contributed by atoms with Crippen molar-refractivity contribution in [1.29, 1.82) is 0 Å². The van der Waals surface area contributed by atoms with Crippen LogP contribution in [0.25, 0.3) is 0 Å². The maximum absolute atomic E-state index is 6.40. The van der Waals surface area contributed by atoms with Crippen molar-refractivity contribution in [3.63, 3.8) is 0 Å². The van der Waals surface area contributed by atoms with E-state index in [1.165, 1.54) is 0 Å². The molecule has 6 rings (SSSR count). The number of benzene rings is 4. The lowest BCUT2D eigenvalue weighted by Crippen LogP contribution is -2.30. The molecule has 4 aromatic rings. The van der Waals surface area contributed by atoms with Crippen LogP contribution in [0.5, 0.6) is 28.7 Å². The summed E-state index contributed by atoms with van der Waals surface area (Å²) >= 11 is 0. The first-order valence-electron chi connectivity index (χ1n) is 13.4. The third-order valence-corrected chi connectivity index (χ3v) is 7.10. The molecule has 2 aliphatic heterocycles. The minimum atomic E-state index is -0.282. The predicted molar refractivity (Wildman–Crippen MR) is 149 cm³/mol. The average Bonchev–Trinajstić information content (AvgIpc) is 3.48. The Labute approximate surface area is 234 Å². The molecule has 2 atom stereocenters. The molecule has 2 aliphatic rings. The van der Waals surface area contributed by atoms with Crippen LogP contribution in [0.2, 0.25) is 0 Å². The number of rotatable bonds is 10. The van der Waals surface area contributed by atoms with Crippen molar-refractivity contribution in [2.24, 2.45) is 5.92 Å². The third-order valence-electron chi connectivity index (χ3n) is 7.10. The number of fused-ring (bicyclic) bond motifs is 1. The van der Waals surface area contributed by atoms with E-state index in [0.717, 1.165) is 40.2 Å². The Morgan fingerprint density at radius 3 is 2.10 bits per heavy atom. The van der Waals surface area contributed by atoms with E-state index >= 15 is 0 Å². The van der Waals surface area contributed by atoms with Gasteiger partial charge in [-0.25, -0.2) is 0 Å². The molecule has 0 saturated carbocycles. The van der Waals surface area contributed by atoms with Gasteiger partial charge >= 0.3 is 0 Å². The lowest BCUT2D eigenvalue weighted by Gasteiger charge is -2.33. The number of methoxy groups -OCH3 is 1. The molecule has 0 radical (unpaired) electrons. The summed E-state index contributed by atoms with van der Waals surface area (Å²) in [4.78, 5) is 0. The van der Waals surface area contributed by atoms with Crippen molar-refractivity contribution in [3.8, 4) is 28.7 Å². The minimum Gasteiger partial charge on any atom is -0.493 e. The molecule has 0 bridgehead atoms. The molecular formula is C33H32O7. The zero-order chi connectivity index (χ0) is 27.1. The third kappa shape index (κ3) is 6.01. The van der Waals surface area contributed by atoms with Gasteiger partial charge in [-0.15, -0.1) is 0 Å². The van der Waals surface area contributed by atoms with Crippen LogP contribution < -0.4 is 23.7 Å². The monoisotopic (exact) mass is 540 g/mol. The molecule has 4 aromatic carbocycles. The number of ether oxygens (including phenoxy) is 7. The Morgan fingerprint density at radius 2 is 1.38 bits per heavy atom. The quantitative estimate of drug-likeness (QED) is 0.228. The molecule has 0 aromatic heterocycles. The Kier molecular flexibility index (Phi) is 8.02. The average molecular weight is 541 g/mol. The normalized spacial score (nSPS) is 17.8. The lowest BCUT2D eigenvalue weighted by atomic mass is 9.89. The van der Waals surface area contributed by atoms with Crippen molar-refractivity contribution in [3.05, 3.63) is 113 Å². The lowest BCUT2D eigenvalue weighted by molar-refractivity contribution is -0.172. The van der Waals surface area contributed by atoms with Crippen LogP contribution >= 0.6 is 0 Å². The molecule has 0 spiro atoms. The zero-order valence-electron chi connectivity index (χ0n) is 22.4. The fourth-order valence-corrected chi connectivity index (χ4v) is 5.07. The van der Waals surface area contributed by atoms with Gasteiger partial charge in [-0.3, -0.25) is 0 Å². The second-order valence-electron chi connectivity index (χ2n) is 9.82. The van der Waals surface area contributed by atoms with Crippen LogP contribution in [-0.2, 0) is 29.1 Å². The van der Waals surface area contributed by atoms with E-state index in [0.29, 0.717) is 37.1 Å². The van der Waals surface area contributed by atoms with Gasteiger partial charge in [0.2, 0.25) is 6.79 Å². The van der Waals surface area contributed by atoms with E-state index in [4.69, 9.17) is 33.2 Å². The van der Waals surface area contributed by atoms with Gasteiger partial charge < -0.3 is 33.2 Å². The van der Waals surface area contributed by atoms with E-state index in [9.17, 15) is 0 Å². The fraction of sp³-hybridized carbons (Fsp3) is 0.273. The molecular weight excluding hydrogens is 508 g/mol. The molecule has 2 heterocycles. The zero-order valence-corrected chi connectivity index (χ0v) is 22.4. The van der Waals surface area contributed by atoms with Crippen LogP contribution in [0.3, 0.4) is 0 Å². The van der Waals surface area contributed by atoms with Crippen molar-refractivity contribution in [2.45, 2.75) is 25.7 Å². The highest BCUT2D eigenvalue weighted by Gasteiger charge is 2.32. The van der Waals surface area contributed by atoms with Gasteiger partial charge in [0.1, 0.15) is 25.8 Å². The van der Waals surface area contributed by atoms with Gasteiger partial charge in [-0.05, 0) is 41.3 Å². The molecule has 0 amide bonds. The minimum absolute atomic E-state index is 0.0311. The van der Waals surface area contributed by atoms with Crippen LogP contribution in [-0.4, -0.2) is 27.3 Å². The van der Waals surface area contributed by atoms with E-state index in [2.05, 4.69) is 6.07 Å². The van der Waals surface area contributed by atoms with E-state index in [-0.39, 0.29) is 25.6 Å². The van der Waals surface area contributed by atoms with Gasteiger partial charge in [-0.2, -0.15) is 0 Å². The summed E-state index contributed by atoms with van der Waals surface area (Å²) in [6.07, 6.45) is 0.445. The summed E-state index contributed by atoms with van der Waals surface area (Å²) in [7, 11) is 1.64. The first-order valence-corrected chi connectivity index (χ1v) is 13.4. The first kappa shape index (κ1) is 26.0. The van der Waals surface area contributed by atoms with Crippen LogP contribution in [0, 0.1) is 5.92 Å². The Hall–Kier alpha value is -4.20. The van der Waals surface area contributed by atoms with Gasteiger partial charge in [0.15, 0.2) is 23.0 Å². The Balaban J connectivity index is 1.31. The van der Waals surface area contributed by atoms with Crippen molar-refractivity contribution in [2.75, 3.05) is 27.3 Å². The maximum Gasteiger partial charge on any atom is 0.231 e. The number of hydrogen-bond acceptors (Lipinski definition) is 7.